The van der Waals surface area contributed by atoms with E-state index >= 15 is 0 Å². The monoisotopic (exact) mass is 363 g/mol. The Morgan fingerprint density at radius 2 is 1.81 bits per heavy atom. The Balaban J connectivity index is 1.29. The summed E-state index contributed by atoms with van der Waals surface area (Å²) in [6.07, 6.45) is 4.40. The molecule has 1 aromatic heterocycles. The van der Waals surface area contributed by atoms with Crippen molar-refractivity contribution in [2.45, 2.75) is 13.0 Å². The van der Waals surface area contributed by atoms with Crippen LogP contribution in [0.15, 0.2) is 60.9 Å². The predicted octanol–water partition coefficient (Wildman–Crippen LogP) is 2.68. The van der Waals surface area contributed by atoms with Gasteiger partial charge in [0.15, 0.2) is 11.5 Å². The molecule has 138 valence electrons. The number of fused-ring (bicyclic) bond motifs is 1. The molecule has 1 aliphatic heterocycles. The summed E-state index contributed by atoms with van der Waals surface area (Å²) in [5, 5.41) is 7.15. The molecule has 1 aliphatic rings. The fraction of sp³-hybridized carbons (Fsp3) is 0.238. The number of hydrogen-bond donors (Lipinski definition) is 1. The first kappa shape index (κ1) is 17.1. The average Bonchev–Trinajstić information content (AvgIpc) is 3.21. The molecule has 2 aromatic carbocycles. The van der Waals surface area contributed by atoms with E-state index in [-0.39, 0.29) is 5.91 Å². The smallest absolute Gasteiger partial charge is 0.251 e. The maximum absolute atomic E-state index is 12.3. The highest BCUT2D eigenvalue weighted by Gasteiger charge is 2.12. The zero-order valence-corrected chi connectivity index (χ0v) is 14.9. The number of hydrogen-bond acceptors (Lipinski definition) is 4. The van der Waals surface area contributed by atoms with Crippen LogP contribution in [0.4, 0.5) is 0 Å². The standard InChI is InChI=1S/C21H21N3O3/c25-21(18-5-2-17(3-6-18)15-24-11-1-9-23-24)22-10-8-16-4-7-19-20(14-16)27-13-12-26-19/h1-7,9,11,14H,8,10,12-13,15H2,(H,22,25). The molecule has 0 aliphatic carbocycles. The van der Waals surface area contributed by atoms with Crippen molar-refractivity contribution in [3.8, 4) is 11.5 Å². The number of benzene rings is 2. The molecule has 0 saturated carbocycles. The van der Waals surface area contributed by atoms with Gasteiger partial charge in [0.25, 0.3) is 5.91 Å². The third-order valence-electron chi connectivity index (χ3n) is 4.43. The van der Waals surface area contributed by atoms with Crippen molar-refractivity contribution < 1.29 is 14.3 Å². The fourth-order valence-electron chi connectivity index (χ4n) is 3.01. The largest absolute Gasteiger partial charge is 0.486 e. The van der Waals surface area contributed by atoms with Gasteiger partial charge in [-0.05, 0) is 47.9 Å². The number of nitrogens with zero attached hydrogens (tertiary/aromatic N) is 2. The summed E-state index contributed by atoms with van der Waals surface area (Å²) < 4.78 is 13.0. The van der Waals surface area contributed by atoms with Crippen molar-refractivity contribution in [1.82, 2.24) is 15.1 Å². The van der Waals surface area contributed by atoms with Crippen LogP contribution in [-0.2, 0) is 13.0 Å². The quantitative estimate of drug-likeness (QED) is 0.731. The number of carbonyl (C=O) groups excluding carboxylic acids is 1. The molecular weight excluding hydrogens is 342 g/mol. The van der Waals surface area contributed by atoms with Gasteiger partial charge in [0.2, 0.25) is 0 Å². The van der Waals surface area contributed by atoms with E-state index in [0.29, 0.717) is 31.9 Å². The summed E-state index contributed by atoms with van der Waals surface area (Å²) in [7, 11) is 0. The SMILES string of the molecule is O=C(NCCc1ccc2c(c1)OCCO2)c1ccc(Cn2cccn2)cc1. The molecule has 6 heteroatoms. The van der Waals surface area contributed by atoms with Crippen molar-refractivity contribution in [2.24, 2.45) is 0 Å². The lowest BCUT2D eigenvalue weighted by Crippen LogP contribution is -2.25. The van der Waals surface area contributed by atoms with E-state index in [1.54, 1.807) is 6.20 Å². The van der Waals surface area contributed by atoms with Crippen LogP contribution in [0, 0.1) is 0 Å². The number of amides is 1. The third-order valence-corrected chi connectivity index (χ3v) is 4.43. The molecule has 0 fully saturated rings. The van der Waals surface area contributed by atoms with E-state index in [2.05, 4.69) is 10.4 Å². The predicted molar refractivity (Wildman–Crippen MR) is 101 cm³/mol. The summed E-state index contributed by atoms with van der Waals surface area (Å²) in [5.74, 6) is 1.49. The Labute approximate surface area is 157 Å². The van der Waals surface area contributed by atoms with Crippen LogP contribution in [0.2, 0.25) is 0 Å². The lowest BCUT2D eigenvalue weighted by Gasteiger charge is -2.18. The highest BCUT2D eigenvalue weighted by atomic mass is 16.6. The molecule has 0 unspecified atom stereocenters. The van der Waals surface area contributed by atoms with Gasteiger partial charge in [-0.1, -0.05) is 18.2 Å². The molecule has 1 amide bonds. The van der Waals surface area contributed by atoms with Crippen LogP contribution in [0.1, 0.15) is 21.5 Å². The van der Waals surface area contributed by atoms with Crippen LogP contribution in [0.25, 0.3) is 0 Å². The molecule has 0 radical (unpaired) electrons. The number of rotatable bonds is 6. The van der Waals surface area contributed by atoms with E-state index in [9.17, 15) is 4.79 Å². The summed E-state index contributed by atoms with van der Waals surface area (Å²) in [6, 6.07) is 15.4. The summed E-state index contributed by atoms with van der Waals surface area (Å²) in [6.45, 7) is 2.42. The number of nitrogens with one attached hydrogen (secondary N) is 1. The topological polar surface area (TPSA) is 65.4 Å². The summed E-state index contributed by atoms with van der Waals surface area (Å²) in [4.78, 5) is 12.3. The summed E-state index contributed by atoms with van der Waals surface area (Å²) in [5.41, 5.74) is 2.86. The van der Waals surface area contributed by atoms with Gasteiger partial charge in [-0.3, -0.25) is 9.48 Å². The van der Waals surface area contributed by atoms with Crippen LogP contribution >= 0.6 is 0 Å². The maximum atomic E-state index is 12.3. The maximum Gasteiger partial charge on any atom is 0.251 e. The van der Waals surface area contributed by atoms with Gasteiger partial charge in [-0.2, -0.15) is 5.10 Å². The Kier molecular flexibility index (Phi) is 5.05. The van der Waals surface area contributed by atoms with Crippen LogP contribution < -0.4 is 14.8 Å². The van der Waals surface area contributed by atoms with Crippen molar-refractivity contribution >= 4 is 5.91 Å². The third kappa shape index (κ3) is 4.28. The second-order valence-corrected chi connectivity index (χ2v) is 6.38. The van der Waals surface area contributed by atoms with Gasteiger partial charge in [0, 0.05) is 24.5 Å². The zero-order chi connectivity index (χ0) is 18.5. The van der Waals surface area contributed by atoms with Gasteiger partial charge in [-0.25, -0.2) is 0 Å². The van der Waals surface area contributed by atoms with Crippen molar-refractivity contribution in [2.75, 3.05) is 19.8 Å². The van der Waals surface area contributed by atoms with Gasteiger partial charge in [0.1, 0.15) is 13.2 Å². The molecule has 1 N–H and O–H groups in total. The molecule has 6 nitrogen and oxygen atoms in total. The average molecular weight is 363 g/mol. The van der Waals surface area contributed by atoms with E-state index < -0.39 is 0 Å². The molecule has 0 spiro atoms. The minimum absolute atomic E-state index is 0.0711. The second kappa shape index (κ2) is 7.95. The van der Waals surface area contributed by atoms with E-state index in [0.717, 1.165) is 29.0 Å². The van der Waals surface area contributed by atoms with Gasteiger partial charge < -0.3 is 14.8 Å². The van der Waals surface area contributed by atoms with Crippen LogP contribution in [0.3, 0.4) is 0 Å². The van der Waals surface area contributed by atoms with E-state index in [1.807, 2.05) is 59.4 Å². The first-order valence-electron chi connectivity index (χ1n) is 9.01. The normalized spacial score (nSPS) is 12.6. The summed E-state index contributed by atoms with van der Waals surface area (Å²) >= 11 is 0. The Morgan fingerprint density at radius 3 is 2.59 bits per heavy atom. The number of aromatic nitrogens is 2. The Morgan fingerprint density at radius 1 is 1.04 bits per heavy atom. The van der Waals surface area contributed by atoms with E-state index in [1.165, 1.54) is 0 Å². The van der Waals surface area contributed by atoms with Crippen molar-refractivity contribution in [3.63, 3.8) is 0 Å². The molecule has 3 aromatic rings. The molecule has 0 saturated heterocycles. The lowest BCUT2D eigenvalue weighted by molar-refractivity contribution is 0.0954. The Bertz CT molecular complexity index is 905. The lowest BCUT2D eigenvalue weighted by atomic mass is 10.1. The van der Waals surface area contributed by atoms with Gasteiger partial charge >= 0.3 is 0 Å². The minimum atomic E-state index is -0.0711. The Hall–Kier alpha value is -3.28. The molecule has 2 heterocycles. The fourth-order valence-corrected chi connectivity index (χ4v) is 3.01. The zero-order valence-electron chi connectivity index (χ0n) is 14.9. The molecule has 0 atom stereocenters. The van der Waals surface area contributed by atoms with Gasteiger partial charge in [-0.15, -0.1) is 0 Å². The molecular formula is C21H21N3O3. The number of ether oxygens (including phenoxy) is 2. The first-order chi connectivity index (χ1) is 13.3. The van der Waals surface area contributed by atoms with Gasteiger partial charge in [0.05, 0.1) is 6.54 Å². The molecule has 4 rings (SSSR count). The van der Waals surface area contributed by atoms with Crippen molar-refractivity contribution in [1.29, 1.82) is 0 Å². The number of carbonyl (C=O) groups is 1. The van der Waals surface area contributed by atoms with Crippen LogP contribution in [0.5, 0.6) is 11.5 Å². The first-order valence-corrected chi connectivity index (χ1v) is 9.01. The highest BCUT2D eigenvalue weighted by molar-refractivity contribution is 5.94. The molecule has 27 heavy (non-hydrogen) atoms. The van der Waals surface area contributed by atoms with Crippen LogP contribution in [-0.4, -0.2) is 35.4 Å². The highest BCUT2D eigenvalue weighted by Crippen LogP contribution is 2.30. The van der Waals surface area contributed by atoms with E-state index in [4.69, 9.17) is 9.47 Å². The second-order valence-electron chi connectivity index (χ2n) is 6.38. The molecule has 0 bridgehead atoms. The minimum Gasteiger partial charge on any atom is -0.486 e. The van der Waals surface area contributed by atoms with Crippen molar-refractivity contribution in [3.05, 3.63) is 77.6 Å².